The first-order chi connectivity index (χ1) is 3.18. The minimum Gasteiger partial charge on any atom is -0.276 e. The second-order valence-electron chi connectivity index (χ2n) is 1.24. The van der Waals surface area contributed by atoms with Crippen LogP contribution in [0.1, 0.15) is 0 Å². The Kier molecular flexibility index (Phi) is 2.71. The molecular weight excluding hydrogens is 115 g/mol. The molecule has 7 heavy (non-hydrogen) atoms. The zero-order valence-electron chi connectivity index (χ0n) is 4.26. The lowest BCUT2D eigenvalue weighted by Gasteiger charge is -2.13. The summed E-state index contributed by atoms with van der Waals surface area (Å²) in [7, 11) is 3.34. The van der Waals surface area contributed by atoms with Crippen molar-refractivity contribution < 1.29 is 4.79 Å². The molecule has 0 aliphatic carbocycles. The molecule has 0 atom stereocenters. The summed E-state index contributed by atoms with van der Waals surface area (Å²) in [5.74, 6) is 0. The molecule has 0 radical (unpaired) electrons. The van der Waals surface area contributed by atoms with E-state index in [0.29, 0.717) is 6.41 Å². The number of amides is 1. The first-order valence-corrected chi connectivity index (χ1v) is 2.10. The average Bonchev–Trinajstić information content (AvgIpc) is 1.65. The summed E-state index contributed by atoms with van der Waals surface area (Å²) in [6.45, 7) is 0. The van der Waals surface area contributed by atoms with Crippen molar-refractivity contribution in [1.29, 1.82) is 0 Å². The van der Waals surface area contributed by atoms with E-state index in [0.717, 1.165) is 4.53 Å². The van der Waals surface area contributed by atoms with Crippen LogP contribution in [0.3, 0.4) is 0 Å². The summed E-state index contributed by atoms with van der Waals surface area (Å²) < 4.78 is 0.917. The highest BCUT2D eigenvalue weighted by atomic mass is 35.5. The van der Waals surface area contributed by atoms with Gasteiger partial charge in [-0.2, -0.15) is 4.53 Å². The van der Waals surface area contributed by atoms with Gasteiger partial charge in [0.1, 0.15) is 0 Å². The fourth-order valence-corrected chi connectivity index (χ4v) is 0.0943. The molecule has 0 aliphatic heterocycles. The van der Waals surface area contributed by atoms with Gasteiger partial charge in [0.15, 0.2) is 0 Å². The molecule has 0 saturated heterocycles. The summed E-state index contributed by atoms with van der Waals surface area (Å²) >= 11 is 5.19. The lowest BCUT2D eigenvalue weighted by atomic mass is 11.1. The van der Waals surface area contributed by atoms with Crippen molar-refractivity contribution >= 4 is 18.2 Å². The number of carbonyl (C=O) groups is 1. The summed E-state index contributed by atoms with van der Waals surface area (Å²) in [5.41, 5.74) is 0. The normalized spacial score (nSPS) is 9.14. The third-order valence-electron chi connectivity index (χ3n) is 0.469. The minimum atomic E-state index is 0.515. The molecule has 0 N–H and O–H groups in total. The highest BCUT2D eigenvalue weighted by Crippen LogP contribution is 1.87. The Hall–Kier alpha value is -0.280. The number of halogens is 1. The molecule has 0 aromatic heterocycles. The van der Waals surface area contributed by atoms with Crippen LogP contribution in [0, 0.1) is 0 Å². The minimum absolute atomic E-state index is 0.515. The smallest absolute Gasteiger partial charge is 0.239 e. The first kappa shape index (κ1) is 6.72. The van der Waals surface area contributed by atoms with E-state index in [1.807, 2.05) is 0 Å². The van der Waals surface area contributed by atoms with Crippen molar-refractivity contribution in [3.05, 3.63) is 0 Å². The van der Waals surface area contributed by atoms with Crippen molar-refractivity contribution in [2.75, 3.05) is 14.1 Å². The van der Waals surface area contributed by atoms with Crippen molar-refractivity contribution in [1.82, 2.24) is 9.54 Å². The lowest BCUT2D eigenvalue weighted by Crippen LogP contribution is -2.26. The molecule has 3 nitrogen and oxygen atoms in total. The quantitative estimate of drug-likeness (QED) is 0.294. The van der Waals surface area contributed by atoms with Crippen molar-refractivity contribution in [3.8, 4) is 0 Å². The molecule has 0 saturated carbocycles. The maximum atomic E-state index is 9.70. The number of hydrazine groups is 1. The Morgan fingerprint density at radius 3 is 2.00 bits per heavy atom. The number of hydrogen-bond donors (Lipinski definition) is 0. The van der Waals surface area contributed by atoms with Gasteiger partial charge >= 0.3 is 0 Å². The topological polar surface area (TPSA) is 23.6 Å². The third-order valence-corrected chi connectivity index (χ3v) is 0.851. The van der Waals surface area contributed by atoms with Gasteiger partial charge in [-0.1, -0.05) is 0 Å². The lowest BCUT2D eigenvalue weighted by molar-refractivity contribution is -0.121. The molecule has 0 aliphatic rings. The molecule has 42 valence electrons. The van der Waals surface area contributed by atoms with Crippen LogP contribution in [-0.2, 0) is 4.79 Å². The van der Waals surface area contributed by atoms with Crippen molar-refractivity contribution in [2.24, 2.45) is 0 Å². The predicted molar refractivity (Wildman–Crippen MR) is 27.4 cm³/mol. The molecule has 0 unspecified atom stereocenters. The highest BCUT2D eigenvalue weighted by Gasteiger charge is 1.93. The van der Waals surface area contributed by atoms with E-state index in [-0.39, 0.29) is 0 Å². The summed E-state index contributed by atoms with van der Waals surface area (Å²) in [6.07, 6.45) is 0.515. The number of carbonyl (C=O) groups excluding carboxylic acids is 1. The van der Waals surface area contributed by atoms with Gasteiger partial charge in [0.25, 0.3) is 0 Å². The van der Waals surface area contributed by atoms with Crippen LogP contribution in [-0.4, -0.2) is 30.0 Å². The second kappa shape index (κ2) is 2.82. The van der Waals surface area contributed by atoms with Gasteiger partial charge in [0.2, 0.25) is 6.41 Å². The zero-order chi connectivity index (χ0) is 5.86. The van der Waals surface area contributed by atoms with E-state index >= 15 is 0 Å². The second-order valence-corrected chi connectivity index (χ2v) is 1.59. The summed E-state index contributed by atoms with van der Waals surface area (Å²) in [6, 6.07) is 0. The van der Waals surface area contributed by atoms with Gasteiger partial charge in [0.05, 0.1) is 0 Å². The molecule has 0 rings (SSSR count). The largest absolute Gasteiger partial charge is 0.276 e. The molecule has 0 aromatic rings. The van der Waals surface area contributed by atoms with Crippen LogP contribution < -0.4 is 0 Å². The van der Waals surface area contributed by atoms with Gasteiger partial charge in [-0.25, -0.2) is 5.01 Å². The Bertz CT molecular complexity index is 66.0. The fraction of sp³-hybridized carbons (Fsp3) is 0.667. The molecule has 0 heterocycles. The van der Waals surface area contributed by atoms with E-state index in [4.69, 9.17) is 11.8 Å². The summed E-state index contributed by atoms with van der Waals surface area (Å²) in [4.78, 5) is 9.70. The van der Waals surface area contributed by atoms with E-state index in [9.17, 15) is 4.79 Å². The molecule has 0 bridgehead atoms. The first-order valence-electron chi connectivity index (χ1n) is 1.76. The maximum absolute atomic E-state index is 9.70. The van der Waals surface area contributed by atoms with Crippen molar-refractivity contribution in [2.45, 2.75) is 0 Å². The van der Waals surface area contributed by atoms with Crippen LogP contribution in [0.5, 0.6) is 0 Å². The van der Waals surface area contributed by atoms with Crippen LogP contribution in [0.4, 0.5) is 0 Å². The Labute approximate surface area is 47.5 Å². The van der Waals surface area contributed by atoms with E-state index in [2.05, 4.69) is 0 Å². The molecular formula is C3H7ClN2O. The van der Waals surface area contributed by atoms with E-state index in [1.165, 1.54) is 5.01 Å². The van der Waals surface area contributed by atoms with Crippen molar-refractivity contribution in [3.63, 3.8) is 0 Å². The van der Waals surface area contributed by atoms with E-state index in [1.54, 1.807) is 14.1 Å². The standard InChI is InChI=1S/C3H7ClN2O/c1-5(2)6(4)3-7/h3H,1-2H3. The predicted octanol–water partition coefficient (Wildman–Crippen LogP) is 0.0752. The summed E-state index contributed by atoms with van der Waals surface area (Å²) in [5, 5.41) is 1.45. The molecule has 0 aromatic carbocycles. The van der Waals surface area contributed by atoms with Gasteiger partial charge in [-0.15, -0.1) is 0 Å². The number of nitrogens with zero attached hydrogens (tertiary/aromatic N) is 2. The van der Waals surface area contributed by atoms with Crippen LogP contribution in [0.25, 0.3) is 0 Å². The van der Waals surface area contributed by atoms with Gasteiger partial charge in [-0.05, 0) is 0 Å². The van der Waals surface area contributed by atoms with Gasteiger partial charge in [-0.3, -0.25) is 4.79 Å². The van der Waals surface area contributed by atoms with E-state index < -0.39 is 0 Å². The Morgan fingerprint density at radius 1 is 1.57 bits per heavy atom. The van der Waals surface area contributed by atoms with Crippen LogP contribution >= 0.6 is 11.8 Å². The maximum Gasteiger partial charge on any atom is 0.239 e. The Morgan fingerprint density at radius 2 is 2.00 bits per heavy atom. The van der Waals surface area contributed by atoms with Crippen LogP contribution in [0.2, 0.25) is 0 Å². The SMILES string of the molecule is CN(C)N(Cl)C=O. The Balaban J connectivity index is 3.33. The third kappa shape index (κ3) is 2.42. The molecule has 0 spiro atoms. The molecule has 1 amide bonds. The number of hydrogen-bond acceptors (Lipinski definition) is 2. The van der Waals surface area contributed by atoms with Crippen LogP contribution in [0.15, 0.2) is 0 Å². The average molecular weight is 123 g/mol. The van der Waals surface area contributed by atoms with Gasteiger partial charge < -0.3 is 0 Å². The fourth-order valence-electron chi connectivity index (χ4n) is 0.0943. The molecule has 0 fully saturated rings. The highest BCUT2D eigenvalue weighted by molar-refractivity contribution is 6.17. The van der Waals surface area contributed by atoms with Gasteiger partial charge in [0, 0.05) is 25.9 Å². The monoisotopic (exact) mass is 122 g/mol. The number of rotatable bonds is 2. The zero-order valence-corrected chi connectivity index (χ0v) is 5.01. The molecule has 4 heteroatoms.